The largest absolute Gasteiger partial charge is 0.493 e. The van der Waals surface area contributed by atoms with E-state index in [-0.39, 0.29) is 5.78 Å². The zero-order valence-electron chi connectivity index (χ0n) is 17.4. The minimum atomic E-state index is 0.223. The molecule has 0 aromatic heterocycles. The van der Waals surface area contributed by atoms with Crippen molar-refractivity contribution >= 4 is 5.78 Å². The zero-order valence-corrected chi connectivity index (χ0v) is 17.4. The topological polar surface area (TPSA) is 44.8 Å². The van der Waals surface area contributed by atoms with Gasteiger partial charge in [-0.05, 0) is 68.9 Å². The highest BCUT2D eigenvalue weighted by molar-refractivity contribution is 5.75. The molecular weight excluding hydrogens is 364 g/mol. The second-order valence-corrected chi connectivity index (χ2v) is 7.54. The van der Waals surface area contributed by atoms with Crippen molar-refractivity contribution in [1.82, 2.24) is 0 Å². The van der Waals surface area contributed by atoms with E-state index in [2.05, 4.69) is 25.1 Å². The van der Waals surface area contributed by atoms with Crippen LogP contribution in [0.4, 0.5) is 0 Å². The highest BCUT2D eigenvalue weighted by atomic mass is 16.7. The van der Waals surface area contributed by atoms with Gasteiger partial charge in [-0.15, -0.1) is 0 Å². The summed E-state index contributed by atoms with van der Waals surface area (Å²) in [6.45, 7) is 5.44. The van der Waals surface area contributed by atoms with Crippen LogP contribution in [-0.4, -0.2) is 19.2 Å². The molecule has 0 N–H and O–H groups in total. The van der Waals surface area contributed by atoms with Gasteiger partial charge in [0.2, 0.25) is 0 Å². The Kier molecular flexibility index (Phi) is 7.88. The van der Waals surface area contributed by atoms with Gasteiger partial charge in [0.25, 0.3) is 0 Å². The third kappa shape index (κ3) is 6.75. The van der Waals surface area contributed by atoms with E-state index >= 15 is 0 Å². The number of rotatable bonds is 10. The molecule has 0 saturated carbocycles. The van der Waals surface area contributed by atoms with Crippen LogP contribution in [0.3, 0.4) is 0 Å². The lowest BCUT2D eigenvalue weighted by Gasteiger charge is -2.20. The zero-order chi connectivity index (χ0) is 20.5. The summed E-state index contributed by atoms with van der Waals surface area (Å²) in [4.78, 5) is 11.1. The number of benzene rings is 2. The van der Waals surface area contributed by atoms with Gasteiger partial charge in [-0.2, -0.15) is 0 Å². The molecule has 3 rings (SSSR count). The van der Waals surface area contributed by atoms with Crippen molar-refractivity contribution in [3.8, 4) is 11.5 Å². The second-order valence-electron chi connectivity index (χ2n) is 7.54. The SMILES string of the molecule is CC(=O)CCc1ccc(OCCC=C(C)CCc2cccc3c2COCO3)cc1. The van der Waals surface area contributed by atoms with Crippen LogP contribution in [0, 0.1) is 0 Å². The molecular formula is C25H30O4. The van der Waals surface area contributed by atoms with E-state index in [1.165, 1.54) is 22.3 Å². The number of allylic oxidation sites excluding steroid dienone is 1. The minimum Gasteiger partial charge on any atom is -0.493 e. The van der Waals surface area contributed by atoms with Crippen LogP contribution in [0.2, 0.25) is 0 Å². The molecule has 0 fully saturated rings. The van der Waals surface area contributed by atoms with Gasteiger partial charge < -0.3 is 19.0 Å². The van der Waals surface area contributed by atoms with Crippen molar-refractivity contribution < 1.29 is 19.0 Å². The lowest BCUT2D eigenvalue weighted by Crippen LogP contribution is -2.13. The first kappa shape index (κ1) is 21.1. The smallest absolute Gasteiger partial charge is 0.189 e. The number of hydrogen-bond donors (Lipinski definition) is 0. The summed E-state index contributed by atoms with van der Waals surface area (Å²) in [5, 5.41) is 0. The molecule has 29 heavy (non-hydrogen) atoms. The van der Waals surface area contributed by atoms with E-state index in [1.54, 1.807) is 6.92 Å². The quantitative estimate of drug-likeness (QED) is 0.398. The molecule has 0 amide bonds. The standard InChI is InChI=1S/C25H30O4/c1-19(8-13-22-6-3-7-25-24(22)17-27-18-29-25)5-4-16-28-23-14-11-21(12-15-23)10-9-20(2)26/h3,5-7,11-12,14-15H,4,8-10,13,16-18H2,1-2H3. The molecule has 4 heteroatoms. The Morgan fingerprint density at radius 3 is 2.69 bits per heavy atom. The normalized spacial score (nSPS) is 13.5. The Morgan fingerprint density at radius 2 is 1.90 bits per heavy atom. The molecule has 1 aliphatic heterocycles. The van der Waals surface area contributed by atoms with Crippen LogP contribution in [0.25, 0.3) is 0 Å². The fourth-order valence-electron chi connectivity index (χ4n) is 3.38. The molecule has 0 unspecified atom stereocenters. The van der Waals surface area contributed by atoms with Gasteiger partial charge in [0.15, 0.2) is 6.79 Å². The summed E-state index contributed by atoms with van der Waals surface area (Å²) in [7, 11) is 0. The van der Waals surface area contributed by atoms with Gasteiger partial charge in [-0.3, -0.25) is 0 Å². The summed E-state index contributed by atoms with van der Waals surface area (Å²) in [5.74, 6) is 2.05. The van der Waals surface area contributed by atoms with Crippen molar-refractivity contribution in [2.45, 2.75) is 52.6 Å². The molecule has 2 aromatic rings. The van der Waals surface area contributed by atoms with Crippen LogP contribution in [0.15, 0.2) is 54.1 Å². The Hall–Kier alpha value is -2.59. The van der Waals surface area contributed by atoms with Crippen LogP contribution < -0.4 is 9.47 Å². The molecule has 0 aliphatic carbocycles. The monoisotopic (exact) mass is 394 g/mol. The summed E-state index contributed by atoms with van der Waals surface area (Å²) in [6.07, 6.45) is 6.53. The highest BCUT2D eigenvalue weighted by Crippen LogP contribution is 2.28. The number of carbonyl (C=O) groups excluding carboxylic acids is 1. The molecule has 0 radical (unpaired) electrons. The van der Waals surface area contributed by atoms with Gasteiger partial charge in [0.1, 0.15) is 17.3 Å². The maximum absolute atomic E-state index is 11.1. The summed E-state index contributed by atoms with van der Waals surface area (Å²) in [5.41, 5.74) is 5.02. The highest BCUT2D eigenvalue weighted by Gasteiger charge is 2.13. The first-order valence-electron chi connectivity index (χ1n) is 10.3. The predicted octanol–water partition coefficient (Wildman–Crippen LogP) is 5.42. The summed E-state index contributed by atoms with van der Waals surface area (Å²) < 4.78 is 16.8. The average molecular weight is 395 g/mol. The maximum Gasteiger partial charge on any atom is 0.189 e. The lowest BCUT2D eigenvalue weighted by atomic mass is 9.99. The first-order valence-corrected chi connectivity index (χ1v) is 10.3. The Morgan fingerprint density at radius 1 is 1.07 bits per heavy atom. The molecule has 0 spiro atoms. The summed E-state index contributed by atoms with van der Waals surface area (Å²) >= 11 is 0. The van der Waals surface area contributed by atoms with Crippen molar-refractivity contribution in [3.63, 3.8) is 0 Å². The van der Waals surface area contributed by atoms with E-state index in [9.17, 15) is 4.79 Å². The van der Waals surface area contributed by atoms with Crippen molar-refractivity contribution in [2.75, 3.05) is 13.4 Å². The number of aryl methyl sites for hydroxylation is 2. The average Bonchev–Trinajstić information content (AvgIpc) is 2.74. The minimum absolute atomic E-state index is 0.223. The number of Topliss-reactive ketones (excluding diaryl/α,β-unsaturated/α-hetero) is 1. The molecule has 2 aromatic carbocycles. The van der Waals surface area contributed by atoms with Crippen LogP contribution in [-0.2, 0) is 29.0 Å². The molecule has 154 valence electrons. The van der Waals surface area contributed by atoms with E-state index in [1.807, 2.05) is 30.3 Å². The molecule has 0 bridgehead atoms. The number of ketones is 1. The molecule has 0 atom stereocenters. The maximum atomic E-state index is 11.1. The first-order chi connectivity index (χ1) is 14.1. The fraction of sp³-hybridized carbons (Fsp3) is 0.400. The predicted molar refractivity (Wildman–Crippen MR) is 114 cm³/mol. The van der Waals surface area contributed by atoms with Crippen LogP contribution in [0.1, 0.15) is 49.8 Å². The molecule has 0 saturated heterocycles. The van der Waals surface area contributed by atoms with E-state index in [0.717, 1.165) is 37.2 Å². The van der Waals surface area contributed by atoms with Crippen LogP contribution >= 0.6 is 0 Å². The van der Waals surface area contributed by atoms with Gasteiger partial charge in [0.05, 0.1) is 13.2 Å². The second kappa shape index (κ2) is 10.8. The van der Waals surface area contributed by atoms with Crippen molar-refractivity contribution in [2.24, 2.45) is 0 Å². The van der Waals surface area contributed by atoms with Gasteiger partial charge >= 0.3 is 0 Å². The Balaban J connectivity index is 1.40. The van der Waals surface area contributed by atoms with E-state index < -0.39 is 0 Å². The molecule has 1 heterocycles. The van der Waals surface area contributed by atoms with Gasteiger partial charge in [0, 0.05) is 12.0 Å². The Labute approximate surface area is 173 Å². The fourth-order valence-corrected chi connectivity index (χ4v) is 3.38. The number of fused-ring (bicyclic) bond motifs is 1. The number of ether oxygens (including phenoxy) is 3. The summed E-state index contributed by atoms with van der Waals surface area (Å²) in [6, 6.07) is 14.3. The third-order valence-corrected chi connectivity index (χ3v) is 5.13. The van der Waals surface area contributed by atoms with Crippen LogP contribution in [0.5, 0.6) is 11.5 Å². The molecule has 1 aliphatic rings. The van der Waals surface area contributed by atoms with Crippen molar-refractivity contribution in [3.05, 3.63) is 70.8 Å². The lowest BCUT2D eigenvalue weighted by molar-refractivity contribution is -0.116. The molecule has 4 nitrogen and oxygen atoms in total. The van der Waals surface area contributed by atoms with Gasteiger partial charge in [-0.1, -0.05) is 35.9 Å². The number of carbonyl (C=O) groups is 1. The van der Waals surface area contributed by atoms with E-state index in [0.29, 0.717) is 26.4 Å². The number of hydrogen-bond acceptors (Lipinski definition) is 4. The third-order valence-electron chi connectivity index (χ3n) is 5.13. The van der Waals surface area contributed by atoms with Crippen molar-refractivity contribution in [1.29, 1.82) is 0 Å². The Bertz CT molecular complexity index is 836. The van der Waals surface area contributed by atoms with Gasteiger partial charge in [-0.25, -0.2) is 0 Å². The van der Waals surface area contributed by atoms with E-state index in [4.69, 9.17) is 14.2 Å².